The van der Waals surface area contributed by atoms with Crippen LogP contribution < -0.4 is 4.90 Å². The Labute approximate surface area is 699 Å². The van der Waals surface area contributed by atoms with Crippen LogP contribution in [0.1, 0.15) is 303 Å². The van der Waals surface area contributed by atoms with Crippen molar-refractivity contribution in [2.75, 3.05) is 4.90 Å². The number of benzene rings is 11. The molecule has 11 aromatic rings. The normalized spacial score (nSPS) is 14.6. The number of rotatable bonds is 42. The van der Waals surface area contributed by atoms with Crippen LogP contribution in [0.5, 0.6) is 0 Å². The highest BCUT2D eigenvalue weighted by Gasteiger charge is 2.47. The Kier molecular flexibility index (Phi) is 25.5. The maximum absolute atomic E-state index is 4.23. The molecule has 5 aliphatic rings. The largest absolute Gasteiger partial charge is 0.311 e. The van der Waals surface area contributed by atoms with Crippen LogP contribution in [0.4, 0.5) is 17.1 Å². The van der Waals surface area contributed by atoms with Gasteiger partial charge in [0, 0.05) is 33.3 Å². The molecular weight excluding hydrogens is 1400 g/mol. The summed E-state index contributed by atoms with van der Waals surface area (Å²) in [7, 11) is 0. The predicted octanol–water partition coefficient (Wildman–Crippen LogP) is 33.1. The zero-order chi connectivity index (χ0) is 79.6. The third kappa shape index (κ3) is 16.6. The molecule has 0 aromatic heterocycles. The number of anilines is 3. The number of nitrogens with zero attached hydrogens (tertiary/aromatic N) is 1. The maximum atomic E-state index is 4.23. The Morgan fingerprint density at radius 2 is 0.612 bits per heavy atom. The van der Waals surface area contributed by atoms with Crippen molar-refractivity contribution in [2.45, 2.75) is 288 Å². The van der Waals surface area contributed by atoms with Crippen molar-refractivity contribution >= 4 is 17.1 Å². The van der Waals surface area contributed by atoms with Crippen molar-refractivity contribution in [2.24, 2.45) is 0 Å². The Bertz CT molecular complexity index is 5150. The first-order valence-corrected chi connectivity index (χ1v) is 46.3. The first-order chi connectivity index (χ1) is 56.9. The fraction of sp³-hybridized carbons (Fsp3) is 0.391. The van der Waals surface area contributed by atoms with Gasteiger partial charge in [0.15, 0.2) is 0 Å². The van der Waals surface area contributed by atoms with Crippen LogP contribution in [0.2, 0.25) is 0 Å². The second-order valence-electron chi connectivity index (χ2n) is 36.4. The SMILES string of the molecule is C=CCCCC1(CCCC=C)c2cc(C)ccc2-c2ccc(-c3ccc4c(c3)C(CCCCCc3ccc5c(c3)CC5)(CCCCCc3ccc5c(c3)CC5)c3cc(-c5ccc6c(c5)C(CCCCCCCC)(CCCCCCCC)c5cc(-c7ccc(N(c8ccc(C)cc8)c8ccc(C(C)CC)cc8)cc7)ccc5-6)ccc3-4)cc21. The van der Waals surface area contributed by atoms with Gasteiger partial charge in [0.05, 0.1) is 0 Å². The summed E-state index contributed by atoms with van der Waals surface area (Å²) in [4.78, 5) is 2.44. The highest BCUT2D eigenvalue weighted by molar-refractivity contribution is 5.91. The lowest BCUT2D eigenvalue weighted by atomic mass is 9.69. The first kappa shape index (κ1) is 80.5. The summed E-state index contributed by atoms with van der Waals surface area (Å²) in [5, 5.41) is 0. The molecule has 1 heteroatoms. The van der Waals surface area contributed by atoms with E-state index in [1.165, 1.54) is 277 Å². The van der Waals surface area contributed by atoms with E-state index in [-0.39, 0.29) is 16.2 Å². The molecule has 0 saturated heterocycles. The topological polar surface area (TPSA) is 3.24 Å². The van der Waals surface area contributed by atoms with Crippen molar-refractivity contribution in [3.05, 3.63) is 327 Å². The lowest BCUT2D eigenvalue weighted by Crippen LogP contribution is -2.26. The van der Waals surface area contributed by atoms with Gasteiger partial charge in [-0.25, -0.2) is 0 Å². The minimum absolute atomic E-state index is 0.0706. The fourth-order valence-corrected chi connectivity index (χ4v) is 21.8. The molecule has 0 fully saturated rings. The van der Waals surface area contributed by atoms with E-state index < -0.39 is 0 Å². The quantitative estimate of drug-likeness (QED) is 0.0272. The summed E-state index contributed by atoms with van der Waals surface area (Å²) in [6.07, 6.45) is 46.7. The highest BCUT2D eigenvalue weighted by Crippen LogP contribution is 2.60. The van der Waals surface area contributed by atoms with Gasteiger partial charge < -0.3 is 4.90 Å². The number of hydrogen-bond donors (Lipinski definition) is 0. The van der Waals surface area contributed by atoms with Crippen molar-refractivity contribution in [3.63, 3.8) is 0 Å². The number of allylic oxidation sites excluding steroid dienone is 2. The van der Waals surface area contributed by atoms with Crippen LogP contribution in [-0.4, -0.2) is 0 Å². The van der Waals surface area contributed by atoms with E-state index in [9.17, 15) is 0 Å². The Balaban J connectivity index is 0.794. The molecule has 0 bridgehead atoms. The molecule has 1 nitrogen and oxygen atoms in total. The fourth-order valence-electron chi connectivity index (χ4n) is 21.8. The molecule has 0 heterocycles. The molecule has 1 atom stereocenters. The molecular formula is C115H131N. The lowest BCUT2D eigenvalue weighted by molar-refractivity contribution is 0.398. The zero-order valence-electron chi connectivity index (χ0n) is 71.6. The molecule has 0 radical (unpaired) electrons. The molecule has 0 amide bonds. The summed E-state index contributed by atoms with van der Waals surface area (Å²) in [6.45, 7) is 22.3. The van der Waals surface area contributed by atoms with Crippen molar-refractivity contribution < 1.29 is 0 Å². The second kappa shape index (κ2) is 36.7. The number of aryl methyl sites for hydroxylation is 8. The molecule has 0 saturated carbocycles. The predicted molar refractivity (Wildman–Crippen MR) is 500 cm³/mol. The highest BCUT2D eigenvalue weighted by atomic mass is 15.1. The lowest BCUT2D eigenvalue weighted by Gasteiger charge is -2.34. The van der Waals surface area contributed by atoms with Gasteiger partial charge in [0.2, 0.25) is 0 Å². The summed E-state index contributed by atoms with van der Waals surface area (Å²) in [5.74, 6) is 0.525. The third-order valence-electron chi connectivity index (χ3n) is 28.9. The van der Waals surface area contributed by atoms with Crippen LogP contribution in [0, 0.1) is 13.8 Å². The van der Waals surface area contributed by atoms with Crippen molar-refractivity contribution in [1.82, 2.24) is 0 Å². The number of fused-ring (bicyclic) bond motifs is 11. The Morgan fingerprint density at radius 3 is 0.974 bits per heavy atom. The summed E-state index contributed by atoms with van der Waals surface area (Å²) < 4.78 is 0. The molecule has 1 unspecified atom stereocenters. The van der Waals surface area contributed by atoms with Crippen LogP contribution in [-0.2, 0) is 54.8 Å². The van der Waals surface area contributed by atoms with E-state index in [1.807, 2.05) is 0 Å². The van der Waals surface area contributed by atoms with Gasteiger partial charge in [0.1, 0.15) is 0 Å². The molecule has 596 valence electrons. The van der Waals surface area contributed by atoms with Crippen molar-refractivity contribution in [3.8, 4) is 66.8 Å². The molecule has 0 N–H and O–H groups in total. The molecule has 0 spiro atoms. The van der Waals surface area contributed by atoms with Gasteiger partial charge in [-0.2, -0.15) is 0 Å². The third-order valence-corrected chi connectivity index (χ3v) is 28.9. The van der Waals surface area contributed by atoms with Gasteiger partial charge in [0.25, 0.3) is 0 Å². The van der Waals surface area contributed by atoms with Crippen LogP contribution >= 0.6 is 0 Å². The number of unbranched alkanes of at least 4 members (excludes halogenated alkanes) is 16. The average molecular weight is 1530 g/mol. The van der Waals surface area contributed by atoms with Crippen molar-refractivity contribution in [1.29, 1.82) is 0 Å². The van der Waals surface area contributed by atoms with Gasteiger partial charge in [-0.1, -0.05) is 305 Å². The monoisotopic (exact) mass is 1530 g/mol. The van der Waals surface area contributed by atoms with E-state index in [4.69, 9.17) is 0 Å². The minimum Gasteiger partial charge on any atom is -0.311 e. The van der Waals surface area contributed by atoms with E-state index >= 15 is 0 Å². The number of hydrogen-bond acceptors (Lipinski definition) is 1. The zero-order valence-corrected chi connectivity index (χ0v) is 71.6. The van der Waals surface area contributed by atoms with Crippen LogP contribution in [0.3, 0.4) is 0 Å². The van der Waals surface area contributed by atoms with Gasteiger partial charge in [-0.15, -0.1) is 13.2 Å². The smallest absolute Gasteiger partial charge is 0.0462 e. The molecule has 0 aliphatic heterocycles. The van der Waals surface area contributed by atoms with E-state index in [0.29, 0.717) is 5.92 Å². The first-order valence-electron chi connectivity index (χ1n) is 46.3. The molecule has 5 aliphatic carbocycles. The minimum atomic E-state index is -0.163. The molecule has 116 heavy (non-hydrogen) atoms. The second-order valence-corrected chi connectivity index (χ2v) is 36.4. The summed E-state index contributed by atoms with van der Waals surface area (Å²) in [6, 6.07) is 89.1. The maximum Gasteiger partial charge on any atom is 0.0462 e. The van der Waals surface area contributed by atoms with E-state index in [2.05, 4.69) is 290 Å². The average Bonchev–Trinajstić information content (AvgIpc) is 1.57. The van der Waals surface area contributed by atoms with Crippen LogP contribution in [0.15, 0.2) is 244 Å². The standard InChI is InChI=1S/C115H131N/c1-9-14-18-20-22-30-70-114(71-31-23-21-19-15-10-2)108-77-93(90-49-60-100(61-50-90)116(98-56-36-82(6)37-57-98)99-58-47-87(48-59-99)84(8)13-5)51-63-103(108)104-65-53-96(79-110(104)114)97-55-67-106-105-66-54-95(94-52-64-102-101-62-38-83(7)74-107(101)113(109(102)78-94,68-28-16-11-3)69-29-17-12-4)80-111(105)115(112(106)81-97,72-32-24-26-34-85-39-41-88-43-45-91(88)75-85)73-33-25-27-35-86-40-42-89-44-46-92(89)76-86/h11-12,36-42,47-67,74-81,84H,3-4,9-10,13-35,43-46,68-73H2,1-2,5-8H3. The van der Waals surface area contributed by atoms with Gasteiger partial charge >= 0.3 is 0 Å². The molecule has 11 aromatic carbocycles. The van der Waals surface area contributed by atoms with Gasteiger partial charge in [-0.05, 0) is 348 Å². The summed E-state index contributed by atoms with van der Waals surface area (Å²) >= 11 is 0. The Morgan fingerprint density at radius 1 is 0.302 bits per heavy atom. The van der Waals surface area contributed by atoms with E-state index in [0.717, 1.165) is 70.6 Å². The van der Waals surface area contributed by atoms with E-state index in [1.54, 1.807) is 44.5 Å². The Hall–Kier alpha value is -9.30. The summed E-state index contributed by atoms with van der Waals surface area (Å²) in [5.41, 5.74) is 42.6. The van der Waals surface area contributed by atoms with Crippen LogP contribution in [0.25, 0.3) is 66.8 Å². The van der Waals surface area contributed by atoms with Gasteiger partial charge in [-0.3, -0.25) is 0 Å². The molecule has 16 rings (SSSR count).